The normalized spacial score (nSPS) is 8.82. The first kappa shape index (κ1) is 17.3. The number of carboxylic acid groups (broad SMARTS) is 1. The van der Waals surface area contributed by atoms with E-state index in [-0.39, 0.29) is 0 Å². The van der Waals surface area contributed by atoms with Crippen LogP contribution in [0.4, 0.5) is 0 Å². The molecule has 0 heterocycles. The number of ether oxygens (including phenoxy) is 2. The van der Waals surface area contributed by atoms with Gasteiger partial charge in [0.1, 0.15) is 0 Å². The van der Waals surface area contributed by atoms with Crippen LogP contribution in [0.5, 0.6) is 0 Å². The lowest BCUT2D eigenvalue weighted by Gasteiger charge is -1.95. The van der Waals surface area contributed by atoms with Gasteiger partial charge >= 0.3 is 17.9 Å². The summed E-state index contributed by atoms with van der Waals surface area (Å²) < 4.78 is 9.07. The summed E-state index contributed by atoms with van der Waals surface area (Å²) in [5.74, 6) is -2.05. The van der Waals surface area contributed by atoms with Crippen LogP contribution in [-0.2, 0) is 23.9 Å². The van der Waals surface area contributed by atoms with E-state index in [0.29, 0.717) is 13.2 Å². The fourth-order valence-electron chi connectivity index (χ4n) is 0.517. The van der Waals surface area contributed by atoms with Gasteiger partial charge in [-0.25, -0.2) is 14.4 Å². The molecule has 0 saturated heterocycles. The summed E-state index contributed by atoms with van der Waals surface area (Å²) in [6.45, 7) is 6.94. The van der Waals surface area contributed by atoms with Crippen molar-refractivity contribution in [3.05, 3.63) is 24.8 Å². The quantitative estimate of drug-likeness (QED) is 0.571. The highest BCUT2D eigenvalue weighted by molar-refractivity contribution is 5.91. The molecule has 0 rings (SSSR count). The van der Waals surface area contributed by atoms with Crippen LogP contribution >= 0.6 is 0 Å². The molecule has 96 valence electrons. The molecule has 0 aliphatic rings. The van der Waals surface area contributed by atoms with Crippen molar-refractivity contribution in [1.82, 2.24) is 0 Å². The van der Waals surface area contributed by atoms with E-state index >= 15 is 0 Å². The Labute approximate surface area is 99.5 Å². The van der Waals surface area contributed by atoms with Crippen molar-refractivity contribution in [2.24, 2.45) is 0 Å². The van der Waals surface area contributed by atoms with Crippen molar-refractivity contribution >= 4 is 17.9 Å². The second-order valence-electron chi connectivity index (χ2n) is 2.38. The van der Waals surface area contributed by atoms with E-state index in [9.17, 15) is 14.4 Å². The van der Waals surface area contributed by atoms with Gasteiger partial charge in [0.25, 0.3) is 0 Å². The van der Waals surface area contributed by atoms with E-state index in [2.05, 4.69) is 16.1 Å². The fourth-order valence-corrected chi connectivity index (χ4v) is 0.517. The Morgan fingerprint density at radius 3 is 1.53 bits per heavy atom. The first-order chi connectivity index (χ1) is 7.97. The summed E-state index contributed by atoms with van der Waals surface area (Å²) in [5, 5.41) is 7.60. The minimum atomic E-state index is -0.981. The summed E-state index contributed by atoms with van der Waals surface area (Å²) >= 11 is 0. The zero-order valence-corrected chi connectivity index (χ0v) is 9.84. The van der Waals surface area contributed by atoms with Crippen molar-refractivity contribution in [3.8, 4) is 0 Å². The zero-order valence-electron chi connectivity index (χ0n) is 9.84. The summed E-state index contributed by atoms with van der Waals surface area (Å²) in [7, 11) is 0. The third-order valence-corrected chi connectivity index (χ3v) is 1.10. The average molecular weight is 244 g/mol. The summed E-state index contributed by atoms with van der Waals surface area (Å²) in [5.41, 5.74) is 0. The van der Waals surface area contributed by atoms with Crippen molar-refractivity contribution in [3.63, 3.8) is 0 Å². The lowest BCUT2D eigenvalue weighted by molar-refractivity contribution is -0.140. The predicted molar refractivity (Wildman–Crippen MR) is 60.2 cm³/mol. The van der Waals surface area contributed by atoms with Crippen LogP contribution < -0.4 is 0 Å². The molecular weight excluding hydrogens is 228 g/mol. The fraction of sp³-hybridized carbons (Fsp3) is 0.364. The SMILES string of the molecule is C=CC(=O)O.CCOC(=O)/C=C\C(=O)OCC. The maximum absolute atomic E-state index is 10.6. The van der Waals surface area contributed by atoms with E-state index in [1.165, 1.54) is 0 Å². The average Bonchev–Trinajstić information content (AvgIpc) is 2.28. The molecule has 1 N–H and O–H groups in total. The Balaban J connectivity index is 0. The number of carbonyl (C=O) groups is 3. The molecule has 0 aromatic heterocycles. The Kier molecular flexibility index (Phi) is 12.2. The standard InChI is InChI=1S/C8H12O4.C3H4O2/c1-3-11-7(9)5-6-8(10)12-4-2;1-2-3(4)5/h5-6H,3-4H2,1-2H3;2H,1H2,(H,4,5)/b6-5-;. The Morgan fingerprint density at radius 2 is 1.35 bits per heavy atom. The van der Waals surface area contributed by atoms with E-state index in [1.807, 2.05) is 0 Å². The molecule has 0 unspecified atom stereocenters. The first-order valence-corrected chi connectivity index (χ1v) is 4.84. The van der Waals surface area contributed by atoms with Crippen molar-refractivity contribution in [2.45, 2.75) is 13.8 Å². The molecule has 0 aromatic carbocycles. The molecular formula is C11H16O6. The highest BCUT2D eigenvalue weighted by Gasteiger charge is 1.97. The van der Waals surface area contributed by atoms with E-state index in [1.54, 1.807) is 13.8 Å². The molecule has 0 amide bonds. The number of esters is 2. The van der Waals surface area contributed by atoms with Gasteiger partial charge in [0.05, 0.1) is 13.2 Å². The largest absolute Gasteiger partial charge is 0.478 e. The van der Waals surface area contributed by atoms with Gasteiger partial charge in [0, 0.05) is 18.2 Å². The highest BCUT2D eigenvalue weighted by Crippen LogP contribution is 1.84. The van der Waals surface area contributed by atoms with Gasteiger partial charge in [-0.05, 0) is 13.8 Å². The molecule has 0 atom stereocenters. The van der Waals surface area contributed by atoms with Crippen molar-refractivity contribution in [1.29, 1.82) is 0 Å². The summed E-state index contributed by atoms with van der Waals surface area (Å²) in [6.07, 6.45) is 2.92. The summed E-state index contributed by atoms with van der Waals surface area (Å²) in [4.78, 5) is 30.5. The minimum Gasteiger partial charge on any atom is -0.478 e. The lowest BCUT2D eigenvalue weighted by Crippen LogP contribution is -2.03. The van der Waals surface area contributed by atoms with E-state index < -0.39 is 17.9 Å². The molecule has 0 bridgehead atoms. The molecule has 0 radical (unpaired) electrons. The molecule has 6 nitrogen and oxygen atoms in total. The molecule has 0 aliphatic heterocycles. The number of hydrogen-bond acceptors (Lipinski definition) is 5. The van der Waals surface area contributed by atoms with Crippen LogP contribution in [0.1, 0.15) is 13.8 Å². The third-order valence-electron chi connectivity index (χ3n) is 1.10. The Morgan fingerprint density at radius 1 is 1.06 bits per heavy atom. The van der Waals surface area contributed by atoms with Crippen LogP contribution in [0.2, 0.25) is 0 Å². The van der Waals surface area contributed by atoms with Crippen LogP contribution in [-0.4, -0.2) is 36.2 Å². The van der Waals surface area contributed by atoms with Gasteiger partial charge in [-0.1, -0.05) is 6.58 Å². The maximum Gasteiger partial charge on any atom is 0.330 e. The third kappa shape index (κ3) is 16.6. The molecule has 6 heteroatoms. The van der Waals surface area contributed by atoms with Gasteiger partial charge in [-0.2, -0.15) is 0 Å². The van der Waals surface area contributed by atoms with Crippen LogP contribution in [0.3, 0.4) is 0 Å². The molecule has 0 aliphatic carbocycles. The minimum absolute atomic E-state index is 0.298. The van der Waals surface area contributed by atoms with Crippen LogP contribution in [0, 0.1) is 0 Å². The molecule has 17 heavy (non-hydrogen) atoms. The van der Waals surface area contributed by atoms with E-state index in [0.717, 1.165) is 18.2 Å². The predicted octanol–water partition coefficient (Wildman–Crippen LogP) is 0.926. The first-order valence-electron chi connectivity index (χ1n) is 4.84. The van der Waals surface area contributed by atoms with Gasteiger partial charge in [0.2, 0.25) is 0 Å². The molecule has 0 saturated carbocycles. The maximum atomic E-state index is 10.6. The van der Waals surface area contributed by atoms with Gasteiger partial charge in [-0.15, -0.1) is 0 Å². The second-order valence-corrected chi connectivity index (χ2v) is 2.38. The zero-order chi connectivity index (χ0) is 13.7. The van der Waals surface area contributed by atoms with Gasteiger partial charge in [0.15, 0.2) is 0 Å². The summed E-state index contributed by atoms with van der Waals surface area (Å²) in [6, 6.07) is 0. The molecule has 0 fully saturated rings. The smallest absolute Gasteiger partial charge is 0.330 e. The number of hydrogen-bond donors (Lipinski definition) is 1. The number of carboxylic acids is 1. The highest BCUT2D eigenvalue weighted by atomic mass is 16.5. The molecule has 0 spiro atoms. The van der Waals surface area contributed by atoms with Crippen LogP contribution in [0.25, 0.3) is 0 Å². The van der Waals surface area contributed by atoms with Gasteiger partial charge < -0.3 is 14.6 Å². The number of aliphatic carboxylic acids is 1. The topological polar surface area (TPSA) is 89.9 Å². The van der Waals surface area contributed by atoms with Gasteiger partial charge in [-0.3, -0.25) is 0 Å². The van der Waals surface area contributed by atoms with Crippen LogP contribution in [0.15, 0.2) is 24.8 Å². The number of rotatable bonds is 5. The second kappa shape index (κ2) is 12.0. The number of carbonyl (C=O) groups excluding carboxylic acids is 2. The lowest BCUT2D eigenvalue weighted by atomic mass is 10.5. The van der Waals surface area contributed by atoms with E-state index in [4.69, 9.17) is 5.11 Å². The van der Waals surface area contributed by atoms with Crippen molar-refractivity contribution in [2.75, 3.05) is 13.2 Å². The molecule has 0 aromatic rings. The Hall–Kier alpha value is -2.11. The Bertz CT molecular complexity index is 272. The van der Waals surface area contributed by atoms with Crippen molar-refractivity contribution < 1.29 is 29.0 Å². The monoisotopic (exact) mass is 244 g/mol.